The molecule has 152 valence electrons. The minimum absolute atomic E-state index is 0.266. The molecular formula is C20H22N4O4S. The van der Waals surface area contributed by atoms with Crippen LogP contribution in [0.15, 0.2) is 41.6 Å². The van der Waals surface area contributed by atoms with Gasteiger partial charge >= 0.3 is 0 Å². The molecule has 0 radical (unpaired) electrons. The van der Waals surface area contributed by atoms with Gasteiger partial charge in [0.1, 0.15) is 22.5 Å². The Bertz CT molecular complexity index is 1180. The molecular weight excluding hydrogens is 392 g/mol. The number of hydrogen-bond acceptors (Lipinski definition) is 7. The first-order valence-electron chi connectivity index (χ1n) is 9.61. The predicted octanol–water partition coefficient (Wildman–Crippen LogP) is 1.63. The van der Waals surface area contributed by atoms with Crippen LogP contribution in [0, 0.1) is 0 Å². The molecule has 0 saturated carbocycles. The molecule has 0 atom stereocenters. The first-order valence-corrected chi connectivity index (χ1v) is 11.1. The SMILES string of the molecule is COc1ccnc2c(N3CCNCC3)cn(S(=O)(=O)c3cccc4c3CCO4)c12. The summed E-state index contributed by atoms with van der Waals surface area (Å²) in [6.07, 6.45) is 3.90. The van der Waals surface area contributed by atoms with Gasteiger partial charge in [-0.05, 0) is 12.1 Å². The summed E-state index contributed by atoms with van der Waals surface area (Å²) < 4.78 is 39.9. The number of hydrogen-bond donors (Lipinski definition) is 1. The highest BCUT2D eigenvalue weighted by molar-refractivity contribution is 7.90. The van der Waals surface area contributed by atoms with Gasteiger partial charge in [-0.25, -0.2) is 12.4 Å². The second kappa shape index (κ2) is 6.93. The summed E-state index contributed by atoms with van der Waals surface area (Å²) in [6, 6.07) is 6.86. The van der Waals surface area contributed by atoms with Crippen LogP contribution in [-0.4, -0.2) is 57.3 Å². The summed E-state index contributed by atoms with van der Waals surface area (Å²) in [5.41, 5.74) is 2.60. The van der Waals surface area contributed by atoms with Crippen molar-refractivity contribution in [2.45, 2.75) is 11.3 Å². The van der Waals surface area contributed by atoms with E-state index in [1.165, 1.54) is 11.1 Å². The van der Waals surface area contributed by atoms with Crippen LogP contribution in [-0.2, 0) is 16.4 Å². The van der Waals surface area contributed by atoms with Crippen LogP contribution in [0.3, 0.4) is 0 Å². The highest BCUT2D eigenvalue weighted by Crippen LogP contribution is 2.38. The van der Waals surface area contributed by atoms with Crippen LogP contribution in [0.2, 0.25) is 0 Å². The molecule has 2 aliphatic rings. The third-order valence-corrected chi connectivity index (χ3v) is 7.25. The molecule has 1 saturated heterocycles. The average Bonchev–Trinajstić information content (AvgIpc) is 3.39. The minimum atomic E-state index is -3.87. The maximum absolute atomic E-state index is 13.8. The number of piperazine rings is 1. The van der Waals surface area contributed by atoms with Crippen molar-refractivity contribution in [1.29, 1.82) is 0 Å². The summed E-state index contributed by atoms with van der Waals surface area (Å²) in [7, 11) is -2.33. The number of nitrogens with one attached hydrogen (secondary N) is 1. The van der Waals surface area contributed by atoms with Crippen LogP contribution in [0.5, 0.6) is 11.5 Å². The first-order chi connectivity index (χ1) is 14.1. The molecule has 8 nitrogen and oxygen atoms in total. The van der Waals surface area contributed by atoms with E-state index in [2.05, 4.69) is 15.2 Å². The fourth-order valence-corrected chi connectivity index (χ4v) is 5.73. The van der Waals surface area contributed by atoms with Crippen molar-refractivity contribution in [2.24, 2.45) is 0 Å². The minimum Gasteiger partial charge on any atom is -0.494 e. The van der Waals surface area contributed by atoms with Gasteiger partial charge < -0.3 is 19.7 Å². The summed E-state index contributed by atoms with van der Waals surface area (Å²) in [6.45, 7) is 3.74. The van der Waals surface area contributed by atoms with Crippen molar-refractivity contribution in [1.82, 2.24) is 14.3 Å². The summed E-state index contributed by atoms with van der Waals surface area (Å²) in [5.74, 6) is 1.11. The van der Waals surface area contributed by atoms with Gasteiger partial charge in [0.15, 0.2) is 0 Å². The van der Waals surface area contributed by atoms with Gasteiger partial charge in [-0.1, -0.05) is 6.07 Å². The molecule has 5 rings (SSSR count). The van der Waals surface area contributed by atoms with E-state index in [9.17, 15) is 8.42 Å². The Morgan fingerprint density at radius 2 is 2.03 bits per heavy atom. The Kier molecular flexibility index (Phi) is 4.36. The van der Waals surface area contributed by atoms with Gasteiger partial charge in [0.25, 0.3) is 10.0 Å². The fraction of sp³-hybridized carbons (Fsp3) is 0.350. The number of methoxy groups -OCH3 is 1. The maximum atomic E-state index is 13.8. The van der Waals surface area contributed by atoms with Crippen molar-refractivity contribution in [2.75, 3.05) is 44.8 Å². The van der Waals surface area contributed by atoms with Crippen molar-refractivity contribution in [3.63, 3.8) is 0 Å². The zero-order valence-electron chi connectivity index (χ0n) is 16.1. The molecule has 1 aromatic carbocycles. The highest BCUT2D eigenvalue weighted by Gasteiger charge is 2.30. The average molecular weight is 414 g/mol. The largest absolute Gasteiger partial charge is 0.494 e. The van der Waals surface area contributed by atoms with E-state index in [1.54, 1.807) is 30.6 Å². The molecule has 3 aromatic rings. The van der Waals surface area contributed by atoms with Gasteiger partial charge in [-0.3, -0.25) is 4.98 Å². The van der Waals surface area contributed by atoms with Gasteiger partial charge in [0, 0.05) is 56.6 Å². The van der Waals surface area contributed by atoms with Crippen LogP contribution in [0.4, 0.5) is 5.69 Å². The van der Waals surface area contributed by atoms with Crippen molar-refractivity contribution in [3.05, 3.63) is 42.2 Å². The number of benzene rings is 1. The van der Waals surface area contributed by atoms with Gasteiger partial charge in [-0.15, -0.1) is 0 Å². The molecule has 2 aromatic heterocycles. The van der Waals surface area contributed by atoms with Crippen molar-refractivity contribution in [3.8, 4) is 11.5 Å². The third-order valence-electron chi connectivity index (χ3n) is 5.50. The molecule has 29 heavy (non-hydrogen) atoms. The number of aromatic nitrogens is 2. The molecule has 0 amide bonds. The fourth-order valence-electron chi connectivity index (χ4n) is 4.10. The monoisotopic (exact) mass is 414 g/mol. The van der Waals surface area contributed by atoms with E-state index >= 15 is 0 Å². The van der Waals surface area contributed by atoms with Crippen LogP contribution in [0.25, 0.3) is 11.0 Å². The molecule has 9 heteroatoms. The number of nitrogens with zero attached hydrogens (tertiary/aromatic N) is 3. The second-order valence-corrected chi connectivity index (χ2v) is 8.88. The number of anilines is 1. The topological polar surface area (TPSA) is 85.7 Å². The zero-order chi connectivity index (χ0) is 20.0. The molecule has 4 heterocycles. The van der Waals surface area contributed by atoms with Crippen molar-refractivity contribution >= 4 is 26.7 Å². The molecule has 0 unspecified atom stereocenters. The highest BCUT2D eigenvalue weighted by atomic mass is 32.2. The van der Waals surface area contributed by atoms with E-state index in [1.807, 2.05) is 6.07 Å². The van der Waals surface area contributed by atoms with Gasteiger partial charge in [0.05, 0.1) is 24.3 Å². The number of rotatable bonds is 4. The van der Waals surface area contributed by atoms with Crippen LogP contribution >= 0.6 is 0 Å². The Hall–Kier alpha value is -2.78. The smallest absolute Gasteiger partial charge is 0.268 e. The normalized spacial score (nSPS) is 16.7. The standard InChI is InChI=1S/C20H22N4O4S/c1-27-17-5-7-22-19-15(23-10-8-21-9-11-23)13-24(20(17)19)29(25,26)18-4-2-3-16-14(18)6-12-28-16/h2-5,7,13,21H,6,8-12H2,1H3. The molecule has 0 aliphatic carbocycles. The van der Waals surface area contributed by atoms with Crippen molar-refractivity contribution < 1.29 is 17.9 Å². The molecule has 2 aliphatic heterocycles. The first kappa shape index (κ1) is 18.3. The lowest BCUT2D eigenvalue weighted by Crippen LogP contribution is -2.43. The van der Waals surface area contributed by atoms with E-state index in [0.29, 0.717) is 35.6 Å². The Balaban J connectivity index is 1.75. The van der Waals surface area contributed by atoms with E-state index < -0.39 is 10.0 Å². The van der Waals surface area contributed by atoms with E-state index in [4.69, 9.17) is 9.47 Å². The van der Waals surface area contributed by atoms with E-state index in [-0.39, 0.29) is 4.90 Å². The van der Waals surface area contributed by atoms with Gasteiger partial charge in [0.2, 0.25) is 0 Å². The lowest BCUT2D eigenvalue weighted by molar-refractivity contribution is 0.357. The quantitative estimate of drug-likeness (QED) is 0.694. The number of pyridine rings is 1. The number of ether oxygens (including phenoxy) is 2. The lowest BCUT2D eigenvalue weighted by atomic mass is 10.2. The summed E-state index contributed by atoms with van der Waals surface area (Å²) in [5, 5.41) is 3.32. The Morgan fingerprint density at radius 1 is 1.21 bits per heavy atom. The predicted molar refractivity (Wildman–Crippen MR) is 110 cm³/mol. The van der Waals surface area contributed by atoms with Crippen LogP contribution in [0.1, 0.15) is 5.56 Å². The Labute approximate surface area is 169 Å². The second-order valence-electron chi connectivity index (χ2n) is 7.09. The molecule has 0 bridgehead atoms. The zero-order valence-corrected chi connectivity index (χ0v) is 16.9. The molecule has 0 spiro atoms. The molecule has 1 fully saturated rings. The summed E-state index contributed by atoms with van der Waals surface area (Å²) in [4.78, 5) is 6.94. The molecule has 1 N–H and O–H groups in total. The van der Waals surface area contributed by atoms with Gasteiger partial charge in [-0.2, -0.15) is 0 Å². The van der Waals surface area contributed by atoms with E-state index in [0.717, 1.165) is 37.4 Å². The lowest BCUT2D eigenvalue weighted by Gasteiger charge is -2.28. The number of fused-ring (bicyclic) bond motifs is 2. The van der Waals surface area contributed by atoms with Crippen LogP contribution < -0.4 is 19.7 Å². The third kappa shape index (κ3) is 2.84. The Morgan fingerprint density at radius 3 is 2.83 bits per heavy atom. The summed E-state index contributed by atoms with van der Waals surface area (Å²) >= 11 is 0. The maximum Gasteiger partial charge on any atom is 0.268 e.